The largest absolute Gasteiger partial charge is 0.298 e. The van der Waals surface area contributed by atoms with Crippen LogP contribution in [0.3, 0.4) is 0 Å². The fraction of sp³-hybridized carbons (Fsp3) is 0.429. The first kappa shape index (κ1) is 13.6. The van der Waals surface area contributed by atoms with E-state index in [4.69, 9.17) is 0 Å². The molecule has 0 aliphatic carbocycles. The lowest BCUT2D eigenvalue weighted by atomic mass is 9.92. The fourth-order valence-corrected chi connectivity index (χ4v) is 3.63. The Morgan fingerprint density at radius 2 is 2.11 bits per heavy atom. The lowest BCUT2D eigenvalue weighted by Gasteiger charge is -2.15. The number of aromatic nitrogens is 1. The minimum atomic E-state index is -0.264. The molecular formula is C14H17NOS2. The molecule has 96 valence electrons. The topological polar surface area (TPSA) is 30.0 Å². The van der Waals surface area contributed by atoms with E-state index in [1.165, 1.54) is 10.3 Å². The van der Waals surface area contributed by atoms with Crippen LogP contribution in [0.25, 0.3) is 10.2 Å². The number of fused-ring (bicyclic) bond motifs is 1. The van der Waals surface area contributed by atoms with E-state index < -0.39 is 0 Å². The summed E-state index contributed by atoms with van der Waals surface area (Å²) in [6.45, 7) is 7.93. The van der Waals surface area contributed by atoms with Crippen LogP contribution in [0, 0.1) is 12.3 Å². The molecule has 2 aromatic rings. The monoisotopic (exact) mass is 279 g/mol. The molecule has 0 N–H and O–H groups in total. The average molecular weight is 279 g/mol. The molecule has 0 saturated carbocycles. The van der Waals surface area contributed by atoms with E-state index in [0.29, 0.717) is 5.75 Å². The first-order valence-corrected chi connectivity index (χ1v) is 7.70. The summed E-state index contributed by atoms with van der Waals surface area (Å²) in [5.41, 5.74) is 1.99. The van der Waals surface area contributed by atoms with Crippen LogP contribution in [0.1, 0.15) is 26.3 Å². The summed E-state index contributed by atoms with van der Waals surface area (Å²) in [6, 6.07) is 6.27. The van der Waals surface area contributed by atoms with E-state index in [-0.39, 0.29) is 11.2 Å². The average Bonchev–Trinajstić information content (AvgIpc) is 2.66. The van der Waals surface area contributed by atoms with Crippen molar-refractivity contribution in [2.24, 2.45) is 5.41 Å². The van der Waals surface area contributed by atoms with Crippen molar-refractivity contribution in [3.05, 3.63) is 23.8 Å². The molecule has 4 heteroatoms. The van der Waals surface area contributed by atoms with Crippen molar-refractivity contribution in [2.45, 2.75) is 32.0 Å². The molecule has 18 heavy (non-hydrogen) atoms. The number of carbonyl (C=O) groups is 1. The summed E-state index contributed by atoms with van der Waals surface area (Å²) >= 11 is 3.20. The highest BCUT2D eigenvalue weighted by molar-refractivity contribution is 8.01. The summed E-state index contributed by atoms with van der Waals surface area (Å²) in [6.07, 6.45) is 0. The molecule has 0 fully saturated rings. The summed E-state index contributed by atoms with van der Waals surface area (Å²) < 4.78 is 2.17. The van der Waals surface area contributed by atoms with Crippen molar-refractivity contribution in [1.82, 2.24) is 4.98 Å². The van der Waals surface area contributed by atoms with Gasteiger partial charge in [-0.2, -0.15) is 0 Å². The number of hydrogen-bond donors (Lipinski definition) is 0. The second-order valence-corrected chi connectivity index (χ2v) is 7.67. The Balaban J connectivity index is 2.11. The Labute approximate surface area is 116 Å². The highest BCUT2D eigenvalue weighted by Crippen LogP contribution is 2.31. The van der Waals surface area contributed by atoms with Gasteiger partial charge in [-0.25, -0.2) is 4.98 Å². The van der Waals surface area contributed by atoms with Crippen molar-refractivity contribution in [1.29, 1.82) is 0 Å². The minimum absolute atomic E-state index is 0.264. The third-order valence-corrected chi connectivity index (χ3v) is 4.87. The maximum Gasteiger partial charge on any atom is 0.151 e. The molecule has 1 aromatic carbocycles. The molecule has 1 aromatic heterocycles. The van der Waals surface area contributed by atoms with Crippen LogP contribution >= 0.6 is 23.1 Å². The molecule has 0 unspecified atom stereocenters. The summed E-state index contributed by atoms with van der Waals surface area (Å²) in [7, 11) is 0. The molecule has 0 aliphatic rings. The second kappa shape index (κ2) is 5.02. The van der Waals surface area contributed by atoms with Crippen molar-refractivity contribution in [3.8, 4) is 0 Å². The van der Waals surface area contributed by atoms with Gasteiger partial charge in [0.05, 0.1) is 16.0 Å². The number of carbonyl (C=O) groups excluding carboxylic acids is 1. The number of thiazole rings is 1. The highest BCUT2D eigenvalue weighted by Gasteiger charge is 2.21. The van der Waals surface area contributed by atoms with Crippen LogP contribution in [-0.2, 0) is 4.79 Å². The van der Waals surface area contributed by atoms with E-state index in [1.54, 1.807) is 23.1 Å². The van der Waals surface area contributed by atoms with E-state index in [0.717, 1.165) is 9.86 Å². The zero-order chi connectivity index (χ0) is 13.3. The van der Waals surface area contributed by atoms with E-state index in [1.807, 2.05) is 20.8 Å². The Morgan fingerprint density at radius 3 is 2.78 bits per heavy atom. The molecule has 2 rings (SSSR count). The smallest absolute Gasteiger partial charge is 0.151 e. The van der Waals surface area contributed by atoms with E-state index in [2.05, 4.69) is 30.1 Å². The van der Waals surface area contributed by atoms with Gasteiger partial charge >= 0.3 is 0 Å². The van der Waals surface area contributed by atoms with Crippen LogP contribution in [0.5, 0.6) is 0 Å². The van der Waals surface area contributed by atoms with Gasteiger partial charge in [-0.05, 0) is 24.6 Å². The summed E-state index contributed by atoms with van der Waals surface area (Å²) in [5.74, 6) is 0.769. The minimum Gasteiger partial charge on any atom is -0.298 e. The van der Waals surface area contributed by atoms with E-state index in [9.17, 15) is 4.79 Å². The second-order valence-electron chi connectivity index (χ2n) is 5.41. The van der Waals surface area contributed by atoms with Crippen LogP contribution in [0.2, 0.25) is 0 Å². The van der Waals surface area contributed by atoms with Gasteiger partial charge in [-0.15, -0.1) is 11.3 Å². The number of thioether (sulfide) groups is 1. The summed E-state index contributed by atoms with van der Waals surface area (Å²) in [5, 5.41) is 0. The molecule has 0 bridgehead atoms. The molecule has 1 heterocycles. The number of ketones is 1. The van der Waals surface area contributed by atoms with Crippen molar-refractivity contribution in [2.75, 3.05) is 5.75 Å². The maximum atomic E-state index is 11.9. The quantitative estimate of drug-likeness (QED) is 0.784. The Morgan fingerprint density at radius 1 is 1.39 bits per heavy atom. The fourth-order valence-electron chi connectivity index (χ4n) is 1.42. The van der Waals surface area contributed by atoms with Gasteiger partial charge in [-0.1, -0.05) is 38.6 Å². The molecule has 0 aliphatic heterocycles. The first-order valence-electron chi connectivity index (χ1n) is 5.89. The maximum absolute atomic E-state index is 11.9. The Kier molecular flexibility index (Phi) is 3.78. The van der Waals surface area contributed by atoms with Crippen LogP contribution in [-0.4, -0.2) is 16.5 Å². The van der Waals surface area contributed by atoms with Gasteiger partial charge in [0.25, 0.3) is 0 Å². The Hall–Kier alpha value is -0.870. The zero-order valence-electron chi connectivity index (χ0n) is 11.1. The number of benzene rings is 1. The Bertz CT molecular complexity index is 581. The van der Waals surface area contributed by atoms with Crippen LogP contribution < -0.4 is 0 Å². The van der Waals surface area contributed by atoms with Crippen LogP contribution in [0.4, 0.5) is 0 Å². The third kappa shape index (κ3) is 3.12. The van der Waals surface area contributed by atoms with Gasteiger partial charge in [0, 0.05) is 5.41 Å². The predicted molar refractivity (Wildman–Crippen MR) is 79.5 cm³/mol. The molecule has 0 atom stereocenters. The number of Topliss-reactive ketones (excluding diaryl/α,β-unsaturated/α-hetero) is 1. The standard InChI is InChI=1S/C14H17NOS2/c1-9-5-6-11-10(7-9)15-13(18-11)17-8-12(16)14(2,3)4/h5-7H,8H2,1-4H3. The molecule has 0 radical (unpaired) electrons. The van der Waals surface area contributed by atoms with Gasteiger partial charge in [0.2, 0.25) is 0 Å². The van der Waals surface area contributed by atoms with E-state index >= 15 is 0 Å². The predicted octanol–water partition coefficient (Wildman–Crippen LogP) is 4.31. The van der Waals surface area contributed by atoms with Crippen molar-refractivity contribution >= 4 is 39.1 Å². The first-order chi connectivity index (χ1) is 8.36. The SMILES string of the molecule is Cc1ccc2sc(SCC(=O)C(C)(C)C)nc2c1. The molecule has 0 saturated heterocycles. The zero-order valence-corrected chi connectivity index (χ0v) is 12.7. The lowest BCUT2D eigenvalue weighted by molar-refractivity contribution is -0.123. The number of aryl methyl sites for hydroxylation is 1. The lowest BCUT2D eigenvalue weighted by Crippen LogP contribution is -2.21. The molecular weight excluding hydrogens is 262 g/mol. The molecule has 0 amide bonds. The number of hydrogen-bond acceptors (Lipinski definition) is 4. The third-order valence-electron chi connectivity index (χ3n) is 2.69. The van der Waals surface area contributed by atoms with Crippen molar-refractivity contribution < 1.29 is 4.79 Å². The molecule has 2 nitrogen and oxygen atoms in total. The number of nitrogens with zero attached hydrogens (tertiary/aromatic N) is 1. The molecule has 0 spiro atoms. The van der Waals surface area contributed by atoms with Gasteiger partial charge in [0.1, 0.15) is 5.78 Å². The van der Waals surface area contributed by atoms with Gasteiger partial charge in [-0.3, -0.25) is 4.79 Å². The number of rotatable bonds is 3. The van der Waals surface area contributed by atoms with Gasteiger partial charge < -0.3 is 0 Å². The highest BCUT2D eigenvalue weighted by atomic mass is 32.2. The normalized spacial score (nSPS) is 12.0. The van der Waals surface area contributed by atoms with Crippen LogP contribution in [0.15, 0.2) is 22.5 Å². The van der Waals surface area contributed by atoms with Crippen molar-refractivity contribution in [3.63, 3.8) is 0 Å². The van der Waals surface area contributed by atoms with Gasteiger partial charge in [0.15, 0.2) is 4.34 Å². The summed E-state index contributed by atoms with van der Waals surface area (Å²) in [4.78, 5) is 16.4.